The molecule has 6 nitrogen and oxygen atoms in total. The first-order chi connectivity index (χ1) is 14.8. The summed E-state index contributed by atoms with van der Waals surface area (Å²) in [6.45, 7) is 0.402. The first-order valence-corrected chi connectivity index (χ1v) is 11.8. The van der Waals surface area contributed by atoms with Crippen LogP contribution in [0.5, 0.6) is 0 Å². The Kier molecular flexibility index (Phi) is 6.26. The van der Waals surface area contributed by atoms with E-state index in [0.717, 1.165) is 29.5 Å². The summed E-state index contributed by atoms with van der Waals surface area (Å²) in [5, 5.41) is -0.0521. The average molecular weight is 469 g/mol. The molecule has 0 radical (unpaired) electrons. The van der Waals surface area contributed by atoms with E-state index in [0.29, 0.717) is 19.0 Å². The lowest BCUT2D eigenvalue weighted by atomic mass is 9.93. The van der Waals surface area contributed by atoms with Gasteiger partial charge in [-0.2, -0.15) is 4.37 Å². The van der Waals surface area contributed by atoms with Gasteiger partial charge in [-0.1, -0.05) is 30.3 Å². The molecule has 0 aliphatic carbocycles. The van der Waals surface area contributed by atoms with Gasteiger partial charge in [0.05, 0.1) is 0 Å². The van der Waals surface area contributed by atoms with Crippen LogP contribution in [-0.2, 0) is 16.6 Å². The molecule has 1 N–H and O–H groups in total. The maximum Gasteiger partial charge on any atom is 0.266 e. The second-order valence-corrected chi connectivity index (χ2v) is 9.68. The summed E-state index contributed by atoms with van der Waals surface area (Å²) in [5.74, 6) is -1.93. The van der Waals surface area contributed by atoms with Crippen molar-refractivity contribution in [2.75, 3.05) is 11.3 Å². The molecular formula is C20H19F3N4O2S2. The van der Waals surface area contributed by atoms with Gasteiger partial charge in [-0.25, -0.2) is 26.6 Å². The third-order valence-corrected chi connectivity index (χ3v) is 7.24. The van der Waals surface area contributed by atoms with Crippen molar-refractivity contribution < 1.29 is 21.6 Å². The van der Waals surface area contributed by atoms with Crippen LogP contribution in [0.25, 0.3) is 0 Å². The average Bonchev–Trinajstić information content (AvgIpc) is 3.24. The van der Waals surface area contributed by atoms with Crippen LogP contribution in [0.2, 0.25) is 0 Å². The van der Waals surface area contributed by atoms with Gasteiger partial charge in [0, 0.05) is 36.2 Å². The predicted molar refractivity (Wildman–Crippen MR) is 111 cm³/mol. The monoisotopic (exact) mass is 468 g/mol. The molecule has 0 amide bonds. The molecule has 1 saturated heterocycles. The Bertz CT molecular complexity index is 1140. The van der Waals surface area contributed by atoms with Gasteiger partial charge in [-0.15, -0.1) is 0 Å². The SMILES string of the molecule is O=S(=O)(Nc1ncns1)c1cc(F)c(CN2CC[C@@H](F)C[C@H]2c2ccccc2)cc1F. The lowest BCUT2D eigenvalue weighted by Gasteiger charge is -2.37. The van der Waals surface area contributed by atoms with E-state index in [1.165, 1.54) is 0 Å². The summed E-state index contributed by atoms with van der Waals surface area (Å²) in [6.07, 6.45) is 0.728. The highest BCUT2D eigenvalue weighted by Gasteiger charge is 2.31. The maximum atomic E-state index is 14.8. The number of likely N-dealkylation sites (tertiary alicyclic amines) is 1. The maximum absolute atomic E-state index is 14.8. The molecule has 1 aliphatic heterocycles. The fraction of sp³-hybridized carbons (Fsp3) is 0.300. The number of nitrogens with zero attached hydrogens (tertiary/aromatic N) is 3. The minimum absolute atomic E-state index is 0.00519. The van der Waals surface area contributed by atoms with Gasteiger partial charge < -0.3 is 0 Å². The molecule has 1 aromatic heterocycles. The van der Waals surface area contributed by atoms with E-state index in [9.17, 15) is 21.6 Å². The van der Waals surface area contributed by atoms with Crippen LogP contribution in [0.3, 0.4) is 0 Å². The molecule has 4 rings (SSSR count). The number of halogens is 3. The normalized spacial score (nSPS) is 20.0. The smallest absolute Gasteiger partial charge is 0.266 e. The van der Waals surface area contributed by atoms with E-state index in [-0.39, 0.29) is 29.7 Å². The third-order valence-electron chi connectivity index (χ3n) is 5.18. The van der Waals surface area contributed by atoms with Gasteiger partial charge in [0.15, 0.2) is 0 Å². The molecule has 3 aromatic rings. The summed E-state index contributed by atoms with van der Waals surface area (Å²) >= 11 is 0.774. The van der Waals surface area contributed by atoms with Gasteiger partial charge in [-0.05, 0) is 30.5 Å². The van der Waals surface area contributed by atoms with Crippen molar-refractivity contribution in [3.05, 3.63) is 71.6 Å². The Hall–Kier alpha value is -2.50. The van der Waals surface area contributed by atoms with Gasteiger partial charge in [0.1, 0.15) is 29.0 Å². The molecule has 1 fully saturated rings. The van der Waals surface area contributed by atoms with Gasteiger partial charge in [0.2, 0.25) is 5.13 Å². The highest BCUT2D eigenvalue weighted by molar-refractivity contribution is 7.93. The fourth-order valence-electron chi connectivity index (χ4n) is 3.69. The van der Waals surface area contributed by atoms with Crippen molar-refractivity contribution in [3.8, 4) is 0 Å². The number of aromatic nitrogens is 2. The van der Waals surface area contributed by atoms with Crippen LogP contribution >= 0.6 is 11.5 Å². The highest BCUT2D eigenvalue weighted by atomic mass is 32.2. The summed E-state index contributed by atoms with van der Waals surface area (Å²) in [5.41, 5.74) is 0.900. The Morgan fingerprint density at radius 1 is 1.16 bits per heavy atom. The largest absolute Gasteiger partial charge is 0.292 e. The van der Waals surface area contributed by atoms with Crippen molar-refractivity contribution >= 4 is 26.7 Å². The Labute approximate surface area is 182 Å². The van der Waals surface area contributed by atoms with Crippen LogP contribution in [0.15, 0.2) is 53.7 Å². The van der Waals surface area contributed by atoms with E-state index in [1.54, 1.807) is 0 Å². The summed E-state index contributed by atoms with van der Waals surface area (Å²) in [7, 11) is -4.37. The van der Waals surface area contributed by atoms with E-state index in [2.05, 4.69) is 14.1 Å². The summed E-state index contributed by atoms with van der Waals surface area (Å²) < 4.78 is 74.1. The van der Waals surface area contributed by atoms with Gasteiger partial charge in [-0.3, -0.25) is 9.62 Å². The minimum Gasteiger partial charge on any atom is -0.292 e. The summed E-state index contributed by atoms with van der Waals surface area (Å²) in [4.78, 5) is 4.75. The van der Waals surface area contributed by atoms with Crippen molar-refractivity contribution in [3.63, 3.8) is 0 Å². The zero-order chi connectivity index (χ0) is 22.0. The number of nitrogens with one attached hydrogen (secondary N) is 1. The molecule has 1 aliphatic rings. The number of piperidine rings is 1. The number of anilines is 1. The van der Waals surface area contributed by atoms with Crippen LogP contribution < -0.4 is 4.72 Å². The molecule has 164 valence electrons. The van der Waals surface area contributed by atoms with E-state index >= 15 is 0 Å². The van der Waals surface area contributed by atoms with Crippen molar-refractivity contribution in [2.45, 2.75) is 36.5 Å². The van der Waals surface area contributed by atoms with E-state index in [4.69, 9.17) is 0 Å². The molecule has 2 aromatic carbocycles. The number of hydrogen-bond donors (Lipinski definition) is 1. The molecule has 0 saturated carbocycles. The zero-order valence-electron chi connectivity index (χ0n) is 16.2. The van der Waals surface area contributed by atoms with Gasteiger partial charge >= 0.3 is 0 Å². The number of rotatable bonds is 6. The van der Waals surface area contributed by atoms with Crippen LogP contribution in [-0.4, -0.2) is 35.4 Å². The number of hydrogen-bond acceptors (Lipinski definition) is 6. The standard InChI is InChI=1S/C20H19F3N4O2S2/c21-15-6-7-27(18(9-15)13-4-2-1-3-5-13)11-14-8-17(23)19(10-16(14)22)31(28,29)26-20-24-12-25-30-20/h1-5,8,10,12,15,18H,6-7,9,11H2,(H,24,25,26)/t15-,18+/m1/s1. The second-order valence-electron chi connectivity index (χ2n) is 7.24. The number of alkyl halides is 1. The highest BCUT2D eigenvalue weighted by Crippen LogP contribution is 2.34. The van der Waals surface area contributed by atoms with Crippen LogP contribution in [0.1, 0.15) is 30.0 Å². The van der Waals surface area contributed by atoms with Crippen molar-refractivity contribution in [1.82, 2.24) is 14.3 Å². The lowest BCUT2D eigenvalue weighted by Crippen LogP contribution is -2.37. The molecule has 0 unspecified atom stereocenters. The lowest BCUT2D eigenvalue weighted by molar-refractivity contribution is 0.0825. The van der Waals surface area contributed by atoms with E-state index in [1.807, 2.05) is 35.2 Å². The topological polar surface area (TPSA) is 75.2 Å². The van der Waals surface area contributed by atoms with E-state index < -0.39 is 32.7 Å². The quantitative estimate of drug-likeness (QED) is 0.584. The first kappa shape index (κ1) is 21.7. The second kappa shape index (κ2) is 8.93. The fourth-order valence-corrected chi connectivity index (χ4v) is 5.42. The van der Waals surface area contributed by atoms with Crippen LogP contribution in [0.4, 0.5) is 18.3 Å². The minimum atomic E-state index is -4.37. The van der Waals surface area contributed by atoms with Gasteiger partial charge in [0.25, 0.3) is 10.0 Å². The first-order valence-electron chi connectivity index (χ1n) is 9.54. The summed E-state index contributed by atoms with van der Waals surface area (Å²) in [6, 6.07) is 10.6. The third kappa shape index (κ3) is 4.89. The molecular weight excluding hydrogens is 449 g/mol. The zero-order valence-corrected chi connectivity index (χ0v) is 17.8. The predicted octanol–water partition coefficient (Wildman–Crippen LogP) is 4.29. The molecule has 2 heterocycles. The molecule has 11 heteroatoms. The van der Waals surface area contributed by atoms with Crippen molar-refractivity contribution in [2.24, 2.45) is 0 Å². The van der Waals surface area contributed by atoms with Crippen LogP contribution in [0, 0.1) is 11.6 Å². The number of sulfonamides is 1. The molecule has 0 spiro atoms. The molecule has 31 heavy (non-hydrogen) atoms. The Morgan fingerprint density at radius 2 is 1.94 bits per heavy atom. The number of benzene rings is 2. The Balaban J connectivity index is 1.59. The van der Waals surface area contributed by atoms with Crippen molar-refractivity contribution in [1.29, 1.82) is 0 Å². The molecule has 2 atom stereocenters. The Morgan fingerprint density at radius 3 is 2.65 bits per heavy atom. The molecule has 0 bridgehead atoms.